The van der Waals surface area contributed by atoms with E-state index < -0.39 is 48.7 Å². The van der Waals surface area contributed by atoms with E-state index in [1.54, 1.807) is 5.43 Å². The van der Waals surface area contributed by atoms with Gasteiger partial charge in [-0.15, -0.1) is 0 Å². The lowest BCUT2D eigenvalue weighted by Gasteiger charge is -2.30. The molecule has 3 amide bonds. The van der Waals surface area contributed by atoms with E-state index in [2.05, 4.69) is 5.10 Å². The van der Waals surface area contributed by atoms with E-state index in [9.17, 15) is 35.9 Å². The van der Waals surface area contributed by atoms with Crippen LogP contribution in [0.3, 0.4) is 0 Å². The van der Waals surface area contributed by atoms with Gasteiger partial charge >= 0.3 is 24.5 Å². The molecule has 0 bridgehead atoms. The van der Waals surface area contributed by atoms with Gasteiger partial charge in [0.1, 0.15) is 6.54 Å². The first-order valence-corrected chi connectivity index (χ1v) is 10.7. The van der Waals surface area contributed by atoms with E-state index in [4.69, 9.17) is 39.5 Å². The SMILES string of the molecule is O=C(NCC(F)(F)F)NN=Cc1ccc(N2CC(c3cc(Cl)cc(Cl)c3)(C(F)(F)F)OC2=O)cc1Cl. The van der Waals surface area contributed by atoms with E-state index in [0.29, 0.717) is 4.90 Å². The Balaban J connectivity index is 1.80. The Morgan fingerprint density at radius 2 is 1.72 bits per heavy atom. The molecule has 2 N–H and O–H groups in total. The van der Waals surface area contributed by atoms with Crippen molar-refractivity contribution in [1.82, 2.24) is 10.7 Å². The Morgan fingerprint density at radius 1 is 1.08 bits per heavy atom. The lowest BCUT2D eigenvalue weighted by Crippen LogP contribution is -2.46. The fraction of sp³-hybridized carbons (Fsp3) is 0.250. The molecule has 1 saturated heterocycles. The zero-order valence-corrected chi connectivity index (χ0v) is 19.7. The Hall–Kier alpha value is -2.90. The molecule has 0 aliphatic carbocycles. The highest BCUT2D eigenvalue weighted by atomic mass is 35.5. The number of benzene rings is 2. The van der Waals surface area contributed by atoms with Crippen LogP contribution in [0, 0.1) is 0 Å². The predicted molar refractivity (Wildman–Crippen MR) is 120 cm³/mol. The van der Waals surface area contributed by atoms with Crippen LogP contribution in [0.15, 0.2) is 41.5 Å². The second-order valence-corrected chi connectivity index (χ2v) is 8.59. The molecule has 0 radical (unpaired) electrons. The van der Waals surface area contributed by atoms with Gasteiger partial charge in [0.05, 0.1) is 17.8 Å². The van der Waals surface area contributed by atoms with Crippen molar-refractivity contribution in [3.63, 3.8) is 0 Å². The number of nitrogens with one attached hydrogen (secondary N) is 2. The van der Waals surface area contributed by atoms with Gasteiger partial charge in [-0.25, -0.2) is 15.0 Å². The molecule has 2 aromatic carbocycles. The van der Waals surface area contributed by atoms with Gasteiger partial charge in [0.25, 0.3) is 5.60 Å². The van der Waals surface area contributed by atoms with Crippen molar-refractivity contribution < 1.29 is 40.7 Å². The molecule has 7 nitrogen and oxygen atoms in total. The number of carbonyl (C=O) groups excluding carboxylic acids is 2. The van der Waals surface area contributed by atoms with Crippen molar-refractivity contribution >= 4 is 58.8 Å². The first-order chi connectivity index (χ1) is 16.6. The Kier molecular flexibility index (Phi) is 7.86. The third-order valence-electron chi connectivity index (χ3n) is 4.76. The molecule has 194 valence electrons. The number of nitrogens with zero attached hydrogens (tertiary/aromatic N) is 2. The normalized spacial score (nSPS) is 18.5. The molecule has 0 saturated carbocycles. The van der Waals surface area contributed by atoms with Crippen molar-refractivity contribution in [3.8, 4) is 0 Å². The second kappa shape index (κ2) is 10.2. The number of ether oxygens (including phenoxy) is 1. The van der Waals surface area contributed by atoms with E-state index in [0.717, 1.165) is 24.4 Å². The molecule has 1 aliphatic rings. The number of cyclic esters (lactones) is 1. The summed E-state index contributed by atoms with van der Waals surface area (Å²) < 4.78 is 83.6. The highest BCUT2D eigenvalue weighted by Crippen LogP contribution is 2.48. The number of halogens is 9. The van der Waals surface area contributed by atoms with Crippen LogP contribution in [-0.4, -0.2) is 43.8 Å². The van der Waals surface area contributed by atoms with E-state index >= 15 is 0 Å². The number of hydrazone groups is 1. The zero-order valence-electron chi connectivity index (χ0n) is 17.5. The third kappa shape index (κ3) is 6.26. The largest absolute Gasteiger partial charge is 0.434 e. The van der Waals surface area contributed by atoms with Gasteiger partial charge in [0, 0.05) is 26.9 Å². The van der Waals surface area contributed by atoms with Crippen LogP contribution in [0.4, 0.5) is 41.6 Å². The molecule has 0 spiro atoms. The van der Waals surface area contributed by atoms with Gasteiger partial charge in [-0.2, -0.15) is 31.4 Å². The monoisotopic (exact) mass is 576 g/mol. The molecule has 3 rings (SSSR count). The Bertz CT molecular complexity index is 1190. The summed E-state index contributed by atoms with van der Waals surface area (Å²) in [5.41, 5.74) is -1.68. The lowest BCUT2D eigenvalue weighted by molar-refractivity contribution is -0.250. The summed E-state index contributed by atoms with van der Waals surface area (Å²) in [5.74, 6) is 0. The highest BCUT2D eigenvalue weighted by molar-refractivity contribution is 6.34. The van der Waals surface area contributed by atoms with Gasteiger partial charge in [-0.05, 0) is 36.4 Å². The van der Waals surface area contributed by atoms with Crippen molar-refractivity contribution in [1.29, 1.82) is 0 Å². The minimum Gasteiger partial charge on any atom is -0.426 e. The first kappa shape index (κ1) is 27.7. The number of anilines is 1. The van der Waals surface area contributed by atoms with Crippen molar-refractivity contribution in [2.45, 2.75) is 18.0 Å². The summed E-state index contributed by atoms with van der Waals surface area (Å²) in [7, 11) is 0. The number of hydrogen-bond donors (Lipinski definition) is 2. The number of rotatable bonds is 5. The number of urea groups is 1. The van der Waals surface area contributed by atoms with Crippen molar-refractivity contribution in [2.75, 3.05) is 18.0 Å². The molecule has 16 heteroatoms. The average Bonchev–Trinajstić information content (AvgIpc) is 3.11. The van der Waals surface area contributed by atoms with Gasteiger partial charge < -0.3 is 10.1 Å². The van der Waals surface area contributed by atoms with E-state index in [1.165, 1.54) is 23.5 Å². The molecular formula is C20H13Cl3F6N4O3. The van der Waals surface area contributed by atoms with Crippen LogP contribution >= 0.6 is 34.8 Å². The summed E-state index contributed by atoms with van der Waals surface area (Å²) >= 11 is 17.8. The van der Waals surface area contributed by atoms with Gasteiger partial charge in [0.2, 0.25) is 0 Å². The van der Waals surface area contributed by atoms with Crippen LogP contribution in [0.5, 0.6) is 0 Å². The maximum absolute atomic E-state index is 14.2. The predicted octanol–water partition coefficient (Wildman–Crippen LogP) is 6.26. The minimum atomic E-state index is -5.04. The van der Waals surface area contributed by atoms with E-state index in [1.807, 2.05) is 0 Å². The number of alkyl halides is 6. The summed E-state index contributed by atoms with van der Waals surface area (Å²) in [6.07, 6.45) is -9.99. The van der Waals surface area contributed by atoms with Crippen LogP contribution < -0.4 is 15.6 Å². The fourth-order valence-electron chi connectivity index (χ4n) is 3.14. The van der Waals surface area contributed by atoms with E-state index in [-0.39, 0.29) is 26.3 Å². The van der Waals surface area contributed by atoms with Crippen molar-refractivity contribution in [2.24, 2.45) is 5.10 Å². The molecule has 1 aliphatic heterocycles. The van der Waals surface area contributed by atoms with Crippen LogP contribution in [0.25, 0.3) is 0 Å². The summed E-state index contributed by atoms with van der Waals surface area (Å²) in [4.78, 5) is 24.5. The van der Waals surface area contributed by atoms with Crippen LogP contribution in [0.1, 0.15) is 11.1 Å². The molecular weight excluding hydrogens is 565 g/mol. The summed E-state index contributed by atoms with van der Waals surface area (Å²) in [6.45, 7) is -2.55. The molecule has 2 aromatic rings. The number of hydrogen-bond acceptors (Lipinski definition) is 4. The third-order valence-corrected chi connectivity index (χ3v) is 5.53. The Labute approximate surface area is 213 Å². The smallest absolute Gasteiger partial charge is 0.426 e. The molecule has 36 heavy (non-hydrogen) atoms. The minimum absolute atomic E-state index is 0.0581. The second-order valence-electron chi connectivity index (χ2n) is 7.31. The zero-order chi connectivity index (χ0) is 26.9. The Morgan fingerprint density at radius 3 is 2.28 bits per heavy atom. The maximum atomic E-state index is 14.2. The molecule has 1 fully saturated rings. The molecule has 1 atom stereocenters. The number of amides is 3. The molecule has 1 heterocycles. The van der Waals surface area contributed by atoms with Crippen LogP contribution in [-0.2, 0) is 10.3 Å². The quantitative estimate of drug-likeness (QED) is 0.250. The lowest BCUT2D eigenvalue weighted by atomic mass is 9.92. The fourth-order valence-corrected chi connectivity index (χ4v) is 3.89. The first-order valence-electron chi connectivity index (χ1n) is 9.58. The number of carbonyl (C=O) groups is 2. The van der Waals surface area contributed by atoms with Gasteiger partial charge in [0.15, 0.2) is 0 Å². The van der Waals surface area contributed by atoms with Gasteiger partial charge in [-0.3, -0.25) is 4.90 Å². The molecule has 1 unspecified atom stereocenters. The topological polar surface area (TPSA) is 83.0 Å². The highest BCUT2D eigenvalue weighted by Gasteiger charge is 2.65. The van der Waals surface area contributed by atoms with Crippen molar-refractivity contribution in [3.05, 3.63) is 62.6 Å². The molecule has 0 aromatic heterocycles. The maximum Gasteiger partial charge on any atom is 0.434 e. The standard InChI is InChI=1S/C20H13Cl3F6N4O3/c21-12-3-11(4-13(22)5-12)18(20(27,28)29)9-33(17(35)36-18)14-2-1-10(15(23)6-14)7-31-32-16(34)30-8-19(24,25)26/h1-7H,8-9H2,(H2,30,32,34). The van der Waals surface area contributed by atoms with Crippen LogP contribution in [0.2, 0.25) is 15.1 Å². The summed E-state index contributed by atoms with van der Waals surface area (Å²) in [6, 6.07) is 5.60. The summed E-state index contributed by atoms with van der Waals surface area (Å²) in [5, 5.41) is 4.68. The van der Waals surface area contributed by atoms with Gasteiger partial charge in [-0.1, -0.05) is 34.8 Å². The average molecular weight is 578 g/mol.